The van der Waals surface area contributed by atoms with Crippen LogP contribution in [-0.4, -0.2) is 0 Å². The summed E-state index contributed by atoms with van der Waals surface area (Å²) in [5.74, 6) is 0. The summed E-state index contributed by atoms with van der Waals surface area (Å²) in [4.78, 5) is 0. The van der Waals surface area contributed by atoms with E-state index in [-0.39, 0.29) is 0 Å². The molecule has 0 N–H and O–H groups in total. The van der Waals surface area contributed by atoms with Crippen molar-refractivity contribution in [1.29, 1.82) is 0 Å². The van der Waals surface area contributed by atoms with Crippen LogP contribution in [0, 0.1) is 7.14 Å². The second kappa shape index (κ2) is 4.44. The molecule has 0 aliphatic rings. The van der Waals surface area contributed by atoms with Gasteiger partial charge in [0.1, 0.15) is 0 Å². The van der Waals surface area contributed by atoms with Crippen molar-refractivity contribution in [2.24, 2.45) is 0 Å². The summed E-state index contributed by atoms with van der Waals surface area (Å²) < 4.78 is 3.86. The number of rotatable bonds is 1. The van der Waals surface area contributed by atoms with Gasteiger partial charge in [-0.05, 0) is 56.8 Å². The van der Waals surface area contributed by atoms with Crippen molar-refractivity contribution in [3.63, 3.8) is 0 Å². The number of benzene rings is 1. The Balaban J connectivity index is 3.14. The Morgan fingerprint density at radius 1 is 1.20 bits per heavy atom. The highest BCUT2D eigenvalue weighted by molar-refractivity contribution is 14.1. The van der Waals surface area contributed by atoms with Crippen LogP contribution in [0.4, 0.5) is 0 Å². The van der Waals surface area contributed by atoms with Gasteiger partial charge in [0, 0.05) is 11.6 Å². The van der Waals surface area contributed by atoms with Crippen LogP contribution in [0.5, 0.6) is 0 Å². The van der Waals surface area contributed by atoms with Gasteiger partial charge >= 0.3 is 0 Å². The smallest absolute Gasteiger partial charge is 0.0303 e. The lowest BCUT2D eigenvalue weighted by molar-refractivity contribution is 1.39. The molecule has 1 rings (SSSR count). The van der Waals surface area contributed by atoms with Gasteiger partial charge in [-0.25, -0.2) is 0 Å². The van der Waals surface area contributed by atoms with Crippen LogP contribution < -0.4 is 0 Å². The van der Waals surface area contributed by atoms with Crippen molar-refractivity contribution in [3.8, 4) is 0 Å². The second-order valence-electron chi connectivity index (χ2n) is 1.85. The van der Waals surface area contributed by atoms with Crippen LogP contribution >= 0.6 is 67.8 Å². The van der Waals surface area contributed by atoms with Gasteiger partial charge in [-0.15, -0.1) is 0 Å². The summed E-state index contributed by atoms with van der Waals surface area (Å²) in [5.41, 5.74) is 1.44. The summed E-state index contributed by atoms with van der Waals surface area (Å²) in [6.45, 7) is 0. The molecule has 0 heterocycles. The lowest BCUT2D eigenvalue weighted by Gasteiger charge is -2.00. The van der Waals surface area contributed by atoms with E-state index in [4.69, 9.17) is 0 Å². The first-order valence-corrected chi connectivity index (χ1v) is 6.43. The predicted octanol–water partition coefficient (Wildman–Crippen LogP) is 3.83. The van der Waals surface area contributed by atoms with E-state index in [1.54, 1.807) is 0 Å². The molecule has 0 saturated carbocycles. The molecule has 0 atom stereocenters. The standard InChI is InChI=1S/C7H5I3/c8-4-5-2-1-3-6(9)7(5)10/h1-3H,4H2. The lowest BCUT2D eigenvalue weighted by atomic mass is 10.2. The highest BCUT2D eigenvalue weighted by atomic mass is 127. The maximum absolute atomic E-state index is 2.39. The summed E-state index contributed by atoms with van der Waals surface area (Å²) in [5, 5.41) is 0. The molecule has 0 radical (unpaired) electrons. The molecular weight excluding hydrogens is 465 g/mol. The Hall–Kier alpha value is 1.41. The fraction of sp³-hybridized carbons (Fsp3) is 0.143. The van der Waals surface area contributed by atoms with Crippen LogP contribution in [0.3, 0.4) is 0 Å². The van der Waals surface area contributed by atoms with E-state index in [0.717, 1.165) is 4.43 Å². The summed E-state index contributed by atoms with van der Waals surface area (Å²) in [6.07, 6.45) is 0. The Bertz CT molecular complexity index is 232. The van der Waals surface area contributed by atoms with Gasteiger partial charge in [-0.2, -0.15) is 0 Å². The Morgan fingerprint density at radius 2 is 1.90 bits per heavy atom. The number of halogens is 3. The topological polar surface area (TPSA) is 0 Å². The fourth-order valence-electron chi connectivity index (χ4n) is 0.652. The highest BCUT2D eigenvalue weighted by Crippen LogP contribution is 2.20. The highest BCUT2D eigenvalue weighted by Gasteiger charge is 1.99. The molecule has 0 amide bonds. The average molecular weight is 470 g/mol. The van der Waals surface area contributed by atoms with E-state index in [0.29, 0.717) is 0 Å². The molecule has 3 heteroatoms. The molecule has 0 unspecified atom stereocenters. The Kier molecular flexibility index (Phi) is 4.22. The molecule has 0 fully saturated rings. The van der Waals surface area contributed by atoms with Gasteiger partial charge < -0.3 is 0 Å². The van der Waals surface area contributed by atoms with E-state index in [2.05, 4.69) is 86.0 Å². The monoisotopic (exact) mass is 470 g/mol. The molecule has 0 aliphatic carbocycles. The van der Waals surface area contributed by atoms with Crippen molar-refractivity contribution in [3.05, 3.63) is 30.9 Å². The van der Waals surface area contributed by atoms with Crippen LogP contribution in [0.15, 0.2) is 18.2 Å². The molecule has 0 aliphatic heterocycles. The molecule has 0 bridgehead atoms. The molecule has 10 heavy (non-hydrogen) atoms. The molecule has 54 valence electrons. The summed E-state index contributed by atoms with van der Waals surface area (Å²) >= 11 is 7.14. The van der Waals surface area contributed by atoms with E-state index in [1.165, 1.54) is 12.7 Å². The molecular formula is C7H5I3. The molecule has 0 saturated heterocycles. The van der Waals surface area contributed by atoms with E-state index < -0.39 is 0 Å². The summed E-state index contributed by atoms with van der Waals surface area (Å²) in [7, 11) is 0. The normalized spacial score (nSPS) is 9.90. The van der Waals surface area contributed by atoms with Gasteiger partial charge in [0.2, 0.25) is 0 Å². The average Bonchev–Trinajstić information content (AvgIpc) is 1.95. The molecule has 0 spiro atoms. The lowest BCUT2D eigenvalue weighted by Crippen LogP contribution is -1.86. The molecule has 1 aromatic rings. The zero-order valence-corrected chi connectivity index (χ0v) is 11.5. The zero-order chi connectivity index (χ0) is 7.56. The minimum absolute atomic E-state index is 1.10. The van der Waals surface area contributed by atoms with E-state index >= 15 is 0 Å². The minimum atomic E-state index is 1.10. The van der Waals surface area contributed by atoms with Crippen molar-refractivity contribution in [2.75, 3.05) is 0 Å². The van der Waals surface area contributed by atoms with Gasteiger partial charge in [-0.1, -0.05) is 34.7 Å². The maximum atomic E-state index is 2.39. The SMILES string of the molecule is ICc1cccc(I)c1I. The maximum Gasteiger partial charge on any atom is 0.0303 e. The third-order valence-electron chi connectivity index (χ3n) is 1.18. The third-order valence-corrected chi connectivity index (χ3v) is 5.20. The fourth-order valence-corrected chi connectivity index (χ4v) is 3.12. The largest absolute Gasteiger partial charge is 0.0811 e. The second-order valence-corrected chi connectivity index (χ2v) is 4.85. The molecule has 0 nitrogen and oxygen atoms in total. The van der Waals surface area contributed by atoms with Gasteiger partial charge in [0.15, 0.2) is 0 Å². The number of alkyl halides is 1. The first-order chi connectivity index (χ1) is 4.75. The van der Waals surface area contributed by atoms with Crippen LogP contribution in [0.25, 0.3) is 0 Å². The minimum Gasteiger partial charge on any atom is -0.0811 e. The first kappa shape index (κ1) is 9.50. The summed E-state index contributed by atoms with van der Waals surface area (Å²) in [6, 6.07) is 6.42. The van der Waals surface area contributed by atoms with Gasteiger partial charge in [-0.3, -0.25) is 0 Å². The van der Waals surface area contributed by atoms with Crippen LogP contribution in [0.2, 0.25) is 0 Å². The van der Waals surface area contributed by atoms with Gasteiger partial charge in [0.05, 0.1) is 0 Å². The van der Waals surface area contributed by atoms with Crippen molar-refractivity contribution >= 4 is 67.8 Å². The zero-order valence-electron chi connectivity index (χ0n) is 5.07. The van der Waals surface area contributed by atoms with Crippen molar-refractivity contribution in [1.82, 2.24) is 0 Å². The quantitative estimate of drug-likeness (QED) is 0.433. The van der Waals surface area contributed by atoms with Gasteiger partial charge in [0.25, 0.3) is 0 Å². The van der Waals surface area contributed by atoms with Crippen LogP contribution in [0.1, 0.15) is 5.56 Å². The van der Waals surface area contributed by atoms with Crippen molar-refractivity contribution in [2.45, 2.75) is 4.43 Å². The van der Waals surface area contributed by atoms with E-state index in [9.17, 15) is 0 Å². The molecule has 1 aromatic carbocycles. The Morgan fingerprint density at radius 3 is 2.40 bits per heavy atom. The number of hydrogen-bond donors (Lipinski definition) is 0. The van der Waals surface area contributed by atoms with Crippen molar-refractivity contribution < 1.29 is 0 Å². The number of hydrogen-bond acceptors (Lipinski definition) is 0. The molecule has 0 aromatic heterocycles. The van der Waals surface area contributed by atoms with E-state index in [1.807, 2.05) is 0 Å². The van der Waals surface area contributed by atoms with Crippen LogP contribution in [-0.2, 0) is 4.43 Å². The Labute approximate surface area is 102 Å². The first-order valence-electron chi connectivity index (χ1n) is 2.74. The predicted molar refractivity (Wildman–Crippen MR) is 69.6 cm³/mol. The third kappa shape index (κ3) is 2.20.